The van der Waals surface area contributed by atoms with Crippen LogP contribution in [0, 0.1) is 5.92 Å². The second-order valence-corrected chi connectivity index (χ2v) is 15.4. The van der Waals surface area contributed by atoms with Crippen molar-refractivity contribution in [2.75, 3.05) is 33.0 Å². The van der Waals surface area contributed by atoms with Crippen molar-refractivity contribution in [2.45, 2.75) is 168 Å². The van der Waals surface area contributed by atoms with Gasteiger partial charge < -0.3 is 119 Å². The summed E-state index contributed by atoms with van der Waals surface area (Å²) >= 11 is 0. The smallest absolute Gasteiger partial charge is 0.217 e. The van der Waals surface area contributed by atoms with Crippen molar-refractivity contribution in [3.05, 3.63) is 0 Å². The number of aliphatic hydroxyl groups is 14. The minimum Gasteiger partial charge on any atom is -0.394 e. The molecule has 5 aliphatic heterocycles. The molecule has 5 saturated heterocycles. The lowest BCUT2D eigenvalue weighted by Gasteiger charge is -2.50. The van der Waals surface area contributed by atoms with E-state index in [0.717, 1.165) is 6.92 Å². The van der Waals surface area contributed by atoms with E-state index in [2.05, 4.69) is 5.32 Å². The molecule has 25 heteroatoms. The van der Waals surface area contributed by atoms with E-state index in [-0.39, 0.29) is 0 Å². The Bertz CT molecular complexity index is 1320. The highest BCUT2D eigenvalue weighted by Crippen LogP contribution is 2.36. The van der Waals surface area contributed by atoms with Gasteiger partial charge in [-0.3, -0.25) is 4.79 Å². The van der Waals surface area contributed by atoms with Crippen LogP contribution in [0.3, 0.4) is 0 Å². The normalized spacial score (nSPS) is 51.0. The average molecular weight is 866 g/mol. The molecule has 344 valence electrons. The Labute approximate surface area is 337 Å². The van der Waals surface area contributed by atoms with Crippen LogP contribution in [0.1, 0.15) is 20.8 Å². The van der Waals surface area contributed by atoms with Crippen LogP contribution < -0.4 is 5.32 Å². The number of hydrogen-bond acceptors (Lipinski definition) is 24. The van der Waals surface area contributed by atoms with E-state index in [1.54, 1.807) is 13.8 Å². The van der Waals surface area contributed by atoms with Gasteiger partial charge in [0.25, 0.3) is 0 Å². The molecule has 5 rings (SSSR count). The molecule has 0 radical (unpaired) electrons. The van der Waals surface area contributed by atoms with Crippen LogP contribution in [0.2, 0.25) is 0 Å². The first-order valence-electron chi connectivity index (χ1n) is 19.2. The maximum Gasteiger partial charge on any atom is 0.217 e. The maximum absolute atomic E-state index is 12.4. The highest BCUT2D eigenvalue weighted by Gasteiger charge is 2.56. The van der Waals surface area contributed by atoms with Crippen LogP contribution in [0.15, 0.2) is 0 Å². The third-order valence-corrected chi connectivity index (χ3v) is 11.4. The molecule has 1 amide bonds. The molecule has 0 aromatic rings. The molecule has 5 heterocycles. The maximum atomic E-state index is 12.4. The molecular weight excluding hydrogens is 806 g/mol. The van der Waals surface area contributed by atoms with Crippen LogP contribution in [0.4, 0.5) is 0 Å². The second kappa shape index (κ2) is 20.8. The summed E-state index contributed by atoms with van der Waals surface area (Å²) in [4.78, 5) is 12.4. The zero-order valence-electron chi connectivity index (χ0n) is 32.3. The van der Waals surface area contributed by atoms with Gasteiger partial charge in [-0.15, -0.1) is 0 Å². The van der Waals surface area contributed by atoms with Crippen LogP contribution in [-0.2, 0) is 47.4 Å². The monoisotopic (exact) mass is 865 g/mol. The average Bonchev–Trinajstić information content (AvgIpc) is 3.21. The van der Waals surface area contributed by atoms with Crippen molar-refractivity contribution in [3.8, 4) is 0 Å². The lowest BCUT2D eigenvalue weighted by atomic mass is 9.88. The van der Waals surface area contributed by atoms with E-state index in [1.807, 2.05) is 0 Å². The van der Waals surface area contributed by atoms with Gasteiger partial charge in [0.2, 0.25) is 5.91 Å². The molecule has 0 spiro atoms. The Morgan fingerprint density at radius 3 is 1.47 bits per heavy atom. The Morgan fingerprint density at radius 2 is 0.915 bits per heavy atom. The standard InChI is InChI=1S/C34H59NO24/c1-9-10(2)52-14(6-38)28(18(9)41)57-31-17(35-11(3)40)22(45)29(15(7-39)55-31)58-34-27(50)30(59-33-26(49)24(47)20(43)13(5-37)54-33)21(44)16(56-34)8-51-32-25(48)23(46)19(42)12(4-36)53-32/h9-10,12-34,36-39,41-50H,4-8H2,1-3H3,(H,35,40)/t9?,10-,12?,13?,14?,15?,16?,17?,18+,19+,20+,21+,22+,23-,24?,25?,26?,27?,28+,29+,30-,31-,32-,33+,34-/m0/s1. The molecular formula is C34H59NO24. The van der Waals surface area contributed by atoms with Crippen LogP contribution in [0.25, 0.3) is 0 Å². The first-order chi connectivity index (χ1) is 27.9. The number of aliphatic hydroxyl groups excluding tert-OH is 14. The van der Waals surface area contributed by atoms with Crippen molar-refractivity contribution >= 4 is 5.91 Å². The zero-order chi connectivity index (χ0) is 43.6. The van der Waals surface area contributed by atoms with E-state index >= 15 is 0 Å². The molecule has 15 N–H and O–H groups in total. The fraction of sp³-hybridized carbons (Fsp3) is 0.971. The molecule has 25 atom stereocenters. The van der Waals surface area contributed by atoms with Crippen molar-refractivity contribution in [1.82, 2.24) is 5.32 Å². The summed E-state index contributed by atoms with van der Waals surface area (Å²) in [6, 6.07) is -1.53. The fourth-order valence-corrected chi connectivity index (χ4v) is 7.68. The van der Waals surface area contributed by atoms with E-state index in [4.69, 9.17) is 42.6 Å². The lowest BCUT2D eigenvalue weighted by molar-refractivity contribution is -0.383. The van der Waals surface area contributed by atoms with Crippen molar-refractivity contribution in [1.29, 1.82) is 0 Å². The molecule has 0 bridgehead atoms. The van der Waals surface area contributed by atoms with E-state index in [1.165, 1.54) is 0 Å². The lowest BCUT2D eigenvalue weighted by Crippen LogP contribution is -2.69. The summed E-state index contributed by atoms with van der Waals surface area (Å²) in [5.41, 5.74) is 0. The highest BCUT2D eigenvalue weighted by atomic mass is 16.8. The van der Waals surface area contributed by atoms with E-state index in [9.17, 15) is 76.3 Å². The molecule has 5 fully saturated rings. The molecule has 59 heavy (non-hydrogen) atoms. The summed E-state index contributed by atoms with van der Waals surface area (Å²) in [5.74, 6) is -1.21. The van der Waals surface area contributed by atoms with Crippen molar-refractivity contribution in [3.63, 3.8) is 0 Å². The first kappa shape index (κ1) is 48.6. The SMILES string of the molecule is CC(=O)NC1[C@H](O[C@@H]2C(CO)O[C@@H](C)C(C)[C@H]2O)OC(CO)[C@@H](O[C@@H]2OC(CO[C@H]3OC(CO)[C@@H](O)[C@H](O)C3O)[C@@H](O)[C@H](O[C@H]3OC(CO)[C@@H](O)C(O)C3O)C2O)[C@@H]1O. The van der Waals surface area contributed by atoms with Gasteiger partial charge in [0.15, 0.2) is 25.2 Å². The molecule has 0 saturated carbocycles. The van der Waals surface area contributed by atoms with Gasteiger partial charge in [-0.05, 0) is 6.92 Å². The van der Waals surface area contributed by atoms with Gasteiger partial charge in [-0.25, -0.2) is 0 Å². The number of rotatable bonds is 14. The summed E-state index contributed by atoms with van der Waals surface area (Å²) in [6.07, 6.45) is -38.4. The molecule has 25 nitrogen and oxygen atoms in total. The van der Waals surface area contributed by atoms with Crippen LogP contribution in [0.5, 0.6) is 0 Å². The van der Waals surface area contributed by atoms with Crippen LogP contribution in [-0.4, -0.2) is 258 Å². The van der Waals surface area contributed by atoms with E-state index in [0.29, 0.717) is 0 Å². The van der Waals surface area contributed by atoms with E-state index < -0.39 is 192 Å². The number of carbonyl (C=O) groups excluding carboxylic acids is 1. The van der Waals surface area contributed by atoms with Gasteiger partial charge in [-0.1, -0.05) is 6.92 Å². The topological polar surface area (TPSA) is 395 Å². The Balaban J connectivity index is 1.41. The van der Waals surface area contributed by atoms with Gasteiger partial charge in [0.1, 0.15) is 110 Å². The fourth-order valence-electron chi connectivity index (χ4n) is 7.68. The minimum atomic E-state index is -2.12. The number of ether oxygens (including phenoxy) is 9. The van der Waals surface area contributed by atoms with Gasteiger partial charge in [0.05, 0.1) is 45.2 Å². The summed E-state index contributed by atoms with van der Waals surface area (Å²) < 4.78 is 51.6. The predicted octanol–water partition coefficient (Wildman–Crippen LogP) is -9.44. The number of hydrogen-bond donors (Lipinski definition) is 15. The van der Waals surface area contributed by atoms with Crippen molar-refractivity contribution < 1.29 is 119 Å². The van der Waals surface area contributed by atoms with Crippen LogP contribution >= 0.6 is 0 Å². The highest BCUT2D eigenvalue weighted by molar-refractivity contribution is 5.73. The molecule has 5 aliphatic rings. The third kappa shape index (κ3) is 10.3. The Kier molecular flexibility index (Phi) is 17.1. The van der Waals surface area contributed by atoms with Gasteiger partial charge in [-0.2, -0.15) is 0 Å². The Morgan fingerprint density at radius 1 is 0.475 bits per heavy atom. The largest absolute Gasteiger partial charge is 0.394 e. The first-order valence-corrected chi connectivity index (χ1v) is 19.2. The second-order valence-electron chi connectivity index (χ2n) is 15.4. The van der Waals surface area contributed by atoms with Gasteiger partial charge >= 0.3 is 0 Å². The Hall–Kier alpha value is -1.45. The van der Waals surface area contributed by atoms with Crippen molar-refractivity contribution in [2.24, 2.45) is 5.92 Å². The summed E-state index contributed by atoms with van der Waals surface area (Å²) in [5, 5.41) is 150. The minimum absolute atomic E-state index is 0.491. The number of carbonyl (C=O) groups is 1. The zero-order valence-corrected chi connectivity index (χ0v) is 32.3. The van der Waals surface area contributed by atoms with Gasteiger partial charge in [0, 0.05) is 12.8 Å². The molecule has 0 aromatic heterocycles. The molecule has 0 aliphatic carbocycles. The molecule has 0 aromatic carbocycles. The predicted molar refractivity (Wildman–Crippen MR) is 185 cm³/mol. The quantitative estimate of drug-likeness (QED) is 0.0771. The summed E-state index contributed by atoms with van der Waals surface area (Å²) in [6.45, 7) is 0.500. The number of amides is 1. The summed E-state index contributed by atoms with van der Waals surface area (Å²) in [7, 11) is 0. The molecule has 11 unspecified atom stereocenters. The number of nitrogens with one attached hydrogen (secondary N) is 1. The third-order valence-electron chi connectivity index (χ3n) is 11.4.